The Bertz CT molecular complexity index is 758. The Morgan fingerprint density at radius 3 is 2.65 bits per heavy atom. The number of hydrogen-bond donors (Lipinski definition) is 1. The number of hydrogen-bond acceptors (Lipinski definition) is 6. The lowest BCUT2D eigenvalue weighted by atomic mass is 10.2. The number of amides is 2. The molecule has 2 saturated heterocycles. The summed E-state index contributed by atoms with van der Waals surface area (Å²) >= 11 is 0. The summed E-state index contributed by atoms with van der Waals surface area (Å²) in [7, 11) is 0. The van der Waals surface area contributed by atoms with Crippen LogP contribution in [-0.4, -0.2) is 81.2 Å². The van der Waals surface area contributed by atoms with E-state index in [2.05, 4.69) is 9.88 Å². The van der Waals surface area contributed by atoms with Gasteiger partial charge in [0.05, 0.1) is 18.8 Å². The van der Waals surface area contributed by atoms with Crippen molar-refractivity contribution >= 4 is 12.0 Å². The minimum Gasteiger partial charge on any atom is -0.444 e. The van der Waals surface area contributed by atoms with Gasteiger partial charge < -0.3 is 19.6 Å². The highest BCUT2D eigenvalue weighted by Crippen LogP contribution is 2.21. The van der Waals surface area contributed by atoms with Crippen molar-refractivity contribution in [3.05, 3.63) is 29.6 Å². The minimum atomic E-state index is -0.662. The van der Waals surface area contributed by atoms with Crippen LogP contribution in [-0.2, 0) is 22.7 Å². The lowest BCUT2D eigenvalue weighted by Gasteiger charge is -2.31. The SMILES string of the molecule is CC(C)(C)OC(=O)N(CC(=O)N1CCC[C@@H]1CN1CCCC1)Cc1cc(CO)ccn1. The fourth-order valence-corrected chi connectivity index (χ4v) is 4.29. The summed E-state index contributed by atoms with van der Waals surface area (Å²) in [5, 5.41) is 9.40. The highest BCUT2D eigenvalue weighted by molar-refractivity contribution is 5.83. The normalized spacial score (nSPS) is 19.6. The highest BCUT2D eigenvalue weighted by atomic mass is 16.6. The van der Waals surface area contributed by atoms with E-state index in [4.69, 9.17) is 4.74 Å². The van der Waals surface area contributed by atoms with Gasteiger partial charge in [0.15, 0.2) is 0 Å². The van der Waals surface area contributed by atoms with E-state index < -0.39 is 11.7 Å². The second kappa shape index (κ2) is 10.4. The number of aromatic nitrogens is 1. The molecule has 172 valence electrons. The van der Waals surface area contributed by atoms with Crippen molar-refractivity contribution in [2.24, 2.45) is 0 Å². The van der Waals surface area contributed by atoms with Gasteiger partial charge in [-0.25, -0.2) is 4.79 Å². The Morgan fingerprint density at radius 1 is 1.23 bits per heavy atom. The van der Waals surface area contributed by atoms with Gasteiger partial charge in [0, 0.05) is 25.3 Å². The highest BCUT2D eigenvalue weighted by Gasteiger charge is 2.33. The molecule has 2 amide bonds. The Balaban J connectivity index is 1.70. The second-order valence-corrected chi connectivity index (χ2v) is 9.54. The van der Waals surface area contributed by atoms with Gasteiger partial charge in [-0.3, -0.25) is 14.7 Å². The standard InChI is InChI=1S/C23H36N4O4/c1-23(2,3)31-22(30)26(14-19-13-18(17-28)8-9-24-19)16-21(29)27-12-6-7-20(27)15-25-10-4-5-11-25/h8-9,13,20,28H,4-7,10-12,14-17H2,1-3H3/t20-/m1/s1. The summed E-state index contributed by atoms with van der Waals surface area (Å²) < 4.78 is 5.56. The molecule has 8 nitrogen and oxygen atoms in total. The van der Waals surface area contributed by atoms with Crippen molar-refractivity contribution < 1.29 is 19.4 Å². The maximum Gasteiger partial charge on any atom is 0.411 e. The maximum atomic E-state index is 13.2. The third-order valence-electron chi connectivity index (χ3n) is 5.76. The predicted octanol–water partition coefficient (Wildman–Crippen LogP) is 2.40. The zero-order valence-corrected chi connectivity index (χ0v) is 19.0. The van der Waals surface area contributed by atoms with Gasteiger partial charge in [-0.2, -0.15) is 0 Å². The van der Waals surface area contributed by atoms with Crippen LogP contribution in [0.3, 0.4) is 0 Å². The van der Waals surface area contributed by atoms with Crippen LogP contribution in [0.2, 0.25) is 0 Å². The molecular formula is C23H36N4O4. The molecule has 1 aromatic rings. The average Bonchev–Trinajstić information content (AvgIpc) is 3.38. The zero-order valence-electron chi connectivity index (χ0n) is 19.0. The maximum absolute atomic E-state index is 13.2. The van der Waals surface area contributed by atoms with Crippen LogP contribution >= 0.6 is 0 Å². The van der Waals surface area contributed by atoms with E-state index in [0.29, 0.717) is 11.3 Å². The largest absolute Gasteiger partial charge is 0.444 e. The molecule has 1 atom stereocenters. The van der Waals surface area contributed by atoms with Crippen molar-refractivity contribution in [2.75, 3.05) is 32.7 Å². The topological polar surface area (TPSA) is 86.2 Å². The van der Waals surface area contributed by atoms with Gasteiger partial charge in [0.1, 0.15) is 12.1 Å². The molecule has 3 rings (SSSR count). The van der Waals surface area contributed by atoms with Crippen molar-refractivity contribution in [3.63, 3.8) is 0 Å². The first-order valence-electron chi connectivity index (χ1n) is 11.3. The monoisotopic (exact) mass is 432 g/mol. The number of ether oxygens (including phenoxy) is 1. The molecule has 31 heavy (non-hydrogen) atoms. The molecular weight excluding hydrogens is 396 g/mol. The summed E-state index contributed by atoms with van der Waals surface area (Å²) in [5.41, 5.74) is 0.663. The van der Waals surface area contributed by atoms with Crippen molar-refractivity contribution in [1.29, 1.82) is 0 Å². The van der Waals surface area contributed by atoms with Gasteiger partial charge in [-0.1, -0.05) is 0 Å². The molecule has 2 aliphatic heterocycles. The van der Waals surface area contributed by atoms with Crippen LogP contribution < -0.4 is 0 Å². The lowest BCUT2D eigenvalue weighted by Crippen LogP contribution is -2.48. The molecule has 0 aromatic carbocycles. The second-order valence-electron chi connectivity index (χ2n) is 9.54. The van der Waals surface area contributed by atoms with Crippen LogP contribution in [0.4, 0.5) is 4.79 Å². The molecule has 0 unspecified atom stereocenters. The van der Waals surface area contributed by atoms with Crippen LogP contribution in [0.15, 0.2) is 18.3 Å². The number of pyridine rings is 1. The van der Waals surface area contributed by atoms with Crippen LogP contribution in [0.5, 0.6) is 0 Å². The first-order chi connectivity index (χ1) is 14.7. The molecule has 0 saturated carbocycles. The van der Waals surface area contributed by atoms with E-state index in [9.17, 15) is 14.7 Å². The van der Waals surface area contributed by atoms with Gasteiger partial charge in [-0.15, -0.1) is 0 Å². The van der Waals surface area contributed by atoms with Crippen LogP contribution in [0.1, 0.15) is 57.7 Å². The fraction of sp³-hybridized carbons (Fsp3) is 0.696. The number of rotatable bonds is 7. The molecule has 1 aromatic heterocycles. The van der Waals surface area contributed by atoms with Gasteiger partial charge >= 0.3 is 6.09 Å². The summed E-state index contributed by atoms with van der Waals surface area (Å²) in [6.45, 7) is 9.29. The quantitative estimate of drug-likeness (QED) is 0.712. The number of aliphatic hydroxyl groups is 1. The van der Waals surface area contributed by atoms with E-state index in [-0.39, 0.29) is 31.6 Å². The van der Waals surface area contributed by atoms with E-state index in [1.165, 1.54) is 17.7 Å². The molecule has 2 aliphatic rings. The van der Waals surface area contributed by atoms with Gasteiger partial charge in [0.2, 0.25) is 5.91 Å². The molecule has 0 bridgehead atoms. The number of carbonyl (C=O) groups excluding carboxylic acids is 2. The van der Waals surface area contributed by atoms with E-state index >= 15 is 0 Å². The Kier molecular flexibility index (Phi) is 7.89. The Hall–Kier alpha value is -2.19. The molecule has 2 fully saturated rings. The first kappa shape index (κ1) is 23.5. The predicted molar refractivity (Wildman–Crippen MR) is 117 cm³/mol. The third-order valence-corrected chi connectivity index (χ3v) is 5.76. The third kappa shape index (κ3) is 6.90. The molecule has 3 heterocycles. The minimum absolute atomic E-state index is 0.0452. The molecule has 0 spiro atoms. The number of carbonyl (C=O) groups is 2. The Morgan fingerprint density at radius 2 is 1.97 bits per heavy atom. The first-order valence-corrected chi connectivity index (χ1v) is 11.3. The van der Waals surface area contributed by atoms with E-state index in [0.717, 1.165) is 39.0 Å². The van der Waals surface area contributed by atoms with Gasteiger partial charge in [0.25, 0.3) is 0 Å². The lowest BCUT2D eigenvalue weighted by molar-refractivity contribution is -0.133. The Labute approximate surface area is 185 Å². The summed E-state index contributed by atoms with van der Waals surface area (Å²) in [6.07, 6.45) is 5.53. The smallest absolute Gasteiger partial charge is 0.411 e. The van der Waals surface area contributed by atoms with E-state index in [1.54, 1.807) is 18.3 Å². The van der Waals surface area contributed by atoms with Crippen molar-refractivity contribution in [2.45, 2.75) is 71.2 Å². The summed E-state index contributed by atoms with van der Waals surface area (Å²) in [6, 6.07) is 3.68. The van der Waals surface area contributed by atoms with Crippen LogP contribution in [0.25, 0.3) is 0 Å². The molecule has 8 heteroatoms. The number of aliphatic hydroxyl groups excluding tert-OH is 1. The number of likely N-dealkylation sites (tertiary alicyclic amines) is 2. The molecule has 0 aliphatic carbocycles. The summed E-state index contributed by atoms with van der Waals surface area (Å²) in [4.78, 5) is 36.2. The van der Waals surface area contributed by atoms with Crippen molar-refractivity contribution in [1.82, 2.24) is 19.7 Å². The number of nitrogens with zero attached hydrogens (tertiary/aromatic N) is 4. The van der Waals surface area contributed by atoms with Crippen LogP contribution in [0, 0.1) is 0 Å². The molecule has 1 N–H and O–H groups in total. The average molecular weight is 433 g/mol. The fourth-order valence-electron chi connectivity index (χ4n) is 4.29. The van der Waals surface area contributed by atoms with Crippen molar-refractivity contribution in [3.8, 4) is 0 Å². The molecule has 0 radical (unpaired) electrons. The van der Waals surface area contributed by atoms with E-state index in [1.807, 2.05) is 25.7 Å². The zero-order chi connectivity index (χ0) is 22.4. The van der Waals surface area contributed by atoms with Gasteiger partial charge in [-0.05, 0) is 77.2 Å². The summed E-state index contributed by atoms with van der Waals surface area (Å²) in [5.74, 6) is -0.0501.